The van der Waals surface area contributed by atoms with Crippen LogP contribution in [0.15, 0.2) is 17.3 Å². The molecule has 11 heteroatoms. The van der Waals surface area contributed by atoms with E-state index in [0.29, 0.717) is 0 Å². The van der Waals surface area contributed by atoms with Crippen molar-refractivity contribution < 1.29 is 17.9 Å². The van der Waals surface area contributed by atoms with Crippen LogP contribution in [0.2, 0.25) is 5.15 Å². The average molecular weight is 390 g/mol. The predicted octanol–water partition coefficient (Wildman–Crippen LogP) is 1.93. The lowest BCUT2D eigenvalue weighted by molar-refractivity contribution is -0.157. The van der Waals surface area contributed by atoms with Gasteiger partial charge in [-0.05, 0) is 27.7 Å². The van der Waals surface area contributed by atoms with Gasteiger partial charge in [0.25, 0.3) is 10.0 Å². The largest absolute Gasteiger partial charge is 0.442 e. The number of hydrogen-bond acceptors (Lipinski definition) is 6. The van der Waals surface area contributed by atoms with Crippen LogP contribution in [-0.4, -0.2) is 33.9 Å². The number of halogens is 1. The molecule has 2 aromatic heterocycles. The molecule has 9 nitrogen and oxygen atoms in total. The molecular weight excluding hydrogens is 370 g/mol. The molecule has 0 spiro atoms. The number of hydrogen-bond donors (Lipinski definition) is 1. The van der Waals surface area contributed by atoms with E-state index < -0.39 is 15.4 Å². The van der Waals surface area contributed by atoms with E-state index in [-0.39, 0.29) is 34.1 Å². The summed E-state index contributed by atoms with van der Waals surface area (Å²) in [5.41, 5.74) is -0.135. The van der Waals surface area contributed by atoms with Gasteiger partial charge in [0.15, 0.2) is 6.73 Å². The summed E-state index contributed by atoms with van der Waals surface area (Å²) in [6.45, 7) is 6.63. The van der Waals surface area contributed by atoms with E-state index in [0.717, 1.165) is 0 Å². The molecule has 0 aliphatic heterocycles. The number of anilines is 1. The number of ether oxygens (including phenoxy) is 1. The molecule has 138 valence electrons. The molecule has 0 unspecified atom stereocenters. The van der Waals surface area contributed by atoms with E-state index in [1.54, 1.807) is 34.7 Å². The summed E-state index contributed by atoms with van der Waals surface area (Å²) < 4.78 is 35.1. The molecule has 2 aromatic rings. The molecular formula is C14H20ClN5O4S. The molecule has 0 radical (unpaired) electrons. The first kappa shape index (κ1) is 19.3. The molecule has 0 aliphatic carbocycles. The first-order valence-corrected chi connectivity index (χ1v) is 9.19. The second-order valence-corrected chi connectivity index (χ2v) is 8.49. The van der Waals surface area contributed by atoms with Crippen LogP contribution in [0.1, 0.15) is 26.5 Å². The van der Waals surface area contributed by atoms with Crippen molar-refractivity contribution in [2.45, 2.75) is 39.3 Å². The van der Waals surface area contributed by atoms with Crippen LogP contribution in [-0.2, 0) is 33.3 Å². The highest BCUT2D eigenvalue weighted by Crippen LogP contribution is 2.26. The Morgan fingerprint density at radius 2 is 2.04 bits per heavy atom. The zero-order chi connectivity index (χ0) is 19.0. The molecule has 0 aromatic carbocycles. The molecule has 25 heavy (non-hydrogen) atoms. The molecule has 2 rings (SSSR count). The fraction of sp³-hybridized carbons (Fsp3) is 0.500. The van der Waals surface area contributed by atoms with Crippen LogP contribution in [0.4, 0.5) is 5.69 Å². The Bertz CT molecular complexity index is 895. The highest BCUT2D eigenvalue weighted by molar-refractivity contribution is 7.92. The van der Waals surface area contributed by atoms with Gasteiger partial charge in [-0.2, -0.15) is 10.2 Å². The minimum Gasteiger partial charge on any atom is -0.442 e. The van der Waals surface area contributed by atoms with Gasteiger partial charge >= 0.3 is 5.97 Å². The molecule has 0 fully saturated rings. The highest BCUT2D eigenvalue weighted by Gasteiger charge is 2.26. The molecule has 0 saturated heterocycles. The van der Waals surface area contributed by atoms with Crippen molar-refractivity contribution in [1.29, 1.82) is 0 Å². The van der Waals surface area contributed by atoms with E-state index in [1.807, 2.05) is 0 Å². The van der Waals surface area contributed by atoms with Gasteiger partial charge in [-0.15, -0.1) is 0 Å². The Morgan fingerprint density at radius 1 is 1.40 bits per heavy atom. The topological polar surface area (TPSA) is 108 Å². The number of carbonyl (C=O) groups is 1. The maximum atomic E-state index is 12.5. The lowest BCUT2D eigenvalue weighted by Gasteiger charge is -2.16. The van der Waals surface area contributed by atoms with Crippen LogP contribution >= 0.6 is 11.6 Å². The summed E-state index contributed by atoms with van der Waals surface area (Å²) in [6, 6.07) is 0. The number of aryl methyl sites for hydroxylation is 2. The molecule has 0 atom stereocenters. The minimum atomic E-state index is -3.92. The van der Waals surface area contributed by atoms with Crippen molar-refractivity contribution >= 4 is 33.3 Å². The lowest BCUT2D eigenvalue weighted by atomic mass is 9.98. The van der Waals surface area contributed by atoms with E-state index in [1.165, 1.54) is 21.8 Å². The third kappa shape index (κ3) is 4.31. The third-order valence-corrected chi connectivity index (χ3v) is 5.27. The second kappa shape index (κ2) is 6.68. The van der Waals surface area contributed by atoms with Crippen molar-refractivity contribution in [2.24, 2.45) is 12.5 Å². The zero-order valence-corrected chi connectivity index (χ0v) is 16.1. The maximum Gasteiger partial charge on any atom is 0.313 e. The third-order valence-electron chi connectivity index (χ3n) is 3.19. The molecule has 1 N–H and O–H groups in total. The maximum absolute atomic E-state index is 12.5. The van der Waals surface area contributed by atoms with Gasteiger partial charge in [-0.1, -0.05) is 11.6 Å². The molecule has 0 bridgehead atoms. The number of nitrogens with zero attached hydrogens (tertiary/aromatic N) is 4. The molecule has 2 heterocycles. The fourth-order valence-electron chi connectivity index (χ4n) is 1.95. The van der Waals surface area contributed by atoms with Gasteiger partial charge in [0.2, 0.25) is 0 Å². The fourth-order valence-corrected chi connectivity index (χ4v) is 3.73. The van der Waals surface area contributed by atoms with Gasteiger partial charge in [-0.3, -0.25) is 14.2 Å². The number of sulfonamides is 1. The van der Waals surface area contributed by atoms with E-state index in [9.17, 15) is 13.2 Å². The predicted molar refractivity (Wildman–Crippen MR) is 91.5 cm³/mol. The summed E-state index contributed by atoms with van der Waals surface area (Å²) in [5, 5.41) is 7.95. The Kier molecular flexibility index (Phi) is 5.14. The molecule has 0 aliphatic rings. The summed E-state index contributed by atoms with van der Waals surface area (Å²) >= 11 is 6.00. The van der Waals surface area contributed by atoms with Crippen molar-refractivity contribution in [3.05, 3.63) is 23.2 Å². The zero-order valence-electron chi connectivity index (χ0n) is 14.6. The SMILES string of the molecule is Cc1nn(C)c(Cl)c1S(=O)(=O)Nc1cnn(COC(=O)C(C)(C)C)c1. The molecule has 0 saturated carbocycles. The van der Waals surface area contributed by atoms with Crippen molar-refractivity contribution in [3.63, 3.8) is 0 Å². The van der Waals surface area contributed by atoms with E-state index in [2.05, 4.69) is 14.9 Å². The number of rotatable bonds is 5. The number of esters is 1. The number of carbonyl (C=O) groups excluding carboxylic acids is 1. The smallest absolute Gasteiger partial charge is 0.313 e. The normalized spacial score (nSPS) is 12.2. The quantitative estimate of drug-likeness (QED) is 0.782. The second-order valence-electron chi connectivity index (χ2n) is 6.51. The minimum absolute atomic E-state index is 0.0106. The van der Waals surface area contributed by atoms with Crippen LogP contribution in [0, 0.1) is 12.3 Å². The van der Waals surface area contributed by atoms with Gasteiger partial charge < -0.3 is 4.74 Å². The van der Waals surface area contributed by atoms with Gasteiger partial charge in [0.05, 0.1) is 29.2 Å². The summed E-state index contributed by atoms with van der Waals surface area (Å²) in [4.78, 5) is 11.6. The number of aromatic nitrogens is 4. The van der Waals surface area contributed by atoms with E-state index >= 15 is 0 Å². The number of nitrogens with one attached hydrogen (secondary N) is 1. The summed E-state index contributed by atoms with van der Waals surface area (Å²) in [6.07, 6.45) is 2.72. The highest BCUT2D eigenvalue weighted by atomic mass is 35.5. The Balaban J connectivity index is 2.12. The Hall–Kier alpha value is -2.07. The Morgan fingerprint density at radius 3 is 2.56 bits per heavy atom. The molecule has 0 amide bonds. The van der Waals surface area contributed by atoms with Crippen LogP contribution < -0.4 is 4.72 Å². The van der Waals surface area contributed by atoms with Crippen molar-refractivity contribution in [3.8, 4) is 0 Å². The first-order chi connectivity index (χ1) is 11.4. The van der Waals surface area contributed by atoms with Crippen LogP contribution in [0.25, 0.3) is 0 Å². The van der Waals surface area contributed by atoms with Crippen molar-refractivity contribution in [1.82, 2.24) is 19.6 Å². The van der Waals surface area contributed by atoms with Gasteiger partial charge in [0.1, 0.15) is 10.0 Å². The Labute approximate surface area is 151 Å². The standard InChI is InChI=1S/C14H20ClN5O4S/c1-9-11(12(15)19(5)17-9)25(22,23)18-10-6-16-20(7-10)8-24-13(21)14(2,3)4/h6-7,18H,8H2,1-5H3. The van der Waals surface area contributed by atoms with Gasteiger partial charge in [-0.25, -0.2) is 13.1 Å². The van der Waals surface area contributed by atoms with Gasteiger partial charge in [0, 0.05) is 7.05 Å². The average Bonchev–Trinajstić information content (AvgIpc) is 2.99. The monoisotopic (exact) mass is 389 g/mol. The van der Waals surface area contributed by atoms with Crippen LogP contribution in [0.3, 0.4) is 0 Å². The van der Waals surface area contributed by atoms with Crippen molar-refractivity contribution in [2.75, 3.05) is 4.72 Å². The van der Waals surface area contributed by atoms with E-state index in [4.69, 9.17) is 16.3 Å². The summed E-state index contributed by atoms with van der Waals surface area (Å²) in [7, 11) is -2.37. The first-order valence-electron chi connectivity index (χ1n) is 7.33. The summed E-state index contributed by atoms with van der Waals surface area (Å²) in [5.74, 6) is -0.386. The van der Waals surface area contributed by atoms with Crippen LogP contribution in [0.5, 0.6) is 0 Å². The lowest BCUT2D eigenvalue weighted by Crippen LogP contribution is -2.24.